The van der Waals surface area contributed by atoms with E-state index in [9.17, 15) is 9.65 Å². The second kappa shape index (κ2) is 5.98. The van der Waals surface area contributed by atoms with E-state index in [1.807, 2.05) is 24.3 Å². The van der Waals surface area contributed by atoms with Crippen LogP contribution >= 0.6 is 0 Å². The third kappa shape index (κ3) is 2.69. The summed E-state index contributed by atoms with van der Waals surface area (Å²) in [6.45, 7) is 0. The van der Waals surface area contributed by atoms with Crippen molar-refractivity contribution in [1.29, 1.82) is 5.26 Å². The smallest absolute Gasteiger partial charge is 0.134 e. The quantitative estimate of drug-likeness (QED) is 0.713. The number of nitriles is 1. The highest BCUT2D eigenvalue weighted by molar-refractivity contribution is 5.93. The minimum Gasteiger partial charge on any atom is -0.497 e. The average Bonchev–Trinajstić information content (AvgIpc) is 2.60. The molecule has 0 saturated carbocycles. The molecule has 0 N–H and O–H groups in total. The van der Waals surface area contributed by atoms with Crippen LogP contribution in [-0.2, 0) is 0 Å². The highest BCUT2D eigenvalue weighted by Crippen LogP contribution is 2.32. The van der Waals surface area contributed by atoms with Gasteiger partial charge in [0.15, 0.2) is 0 Å². The molecular weight excluding hydrogens is 293 g/mol. The van der Waals surface area contributed by atoms with Crippen molar-refractivity contribution in [2.75, 3.05) is 14.2 Å². The number of nitrogens with zero attached hydrogens (tertiary/aromatic N) is 1. The monoisotopic (exact) mass is 307 g/mol. The Morgan fingerprint density at radius 1 is 0.913 bits per heavy atom. The summed E-state index contributed by atoms with van der Waals surface area (Å²) in [5.74, 6) is 0.746. The molecule has 0 aromatic heterocycles. The SMILES string of the molecule is COc1ccc(-c2cc(C#N)c3cc(OC)ccc3c2)c(F)c1. The van der Waals surface area contributed by atoms with E-state index < -0.39 is 0 Å². The molecule has 3 aromatic carbocycles. The van der Waals surface area contributed by atoms with Gasteiger partial charge in [-0.2, -0.15) is 5.26 Å². The second-order valence-corrected chi connectivity index (χ2v) is 5.07. The maximum Gasteiger partial charge on any atom is 0.134 e. The summed E-state index contributed by atoms with van der Waals surface area (Å²) in [6, 6.07) is 15.9. The van der Waals surface area contributed by atoms with Gasteiger partial charge in [0.1, 0.15) is 17.3 Å². The summed E-state index contributed by atoms with van der Waals surface area (Å²) >= 11 is 0. The van der Waals surface area contributed by atoms with E-state index in [2.05, 4.69) is 6.07 Å². The number of halogens is 1. The Labute approximate surface area is 133 Å². The van der Waals surface area contributed by atoms with E-state index >= 15 is 0 Å². The molecule has 0 saturated heterocycles. The van der Waals surface area contributed by atoms with Crippen LogP contribution in [0.25, 0.3) is 21.9 Å². The van der Waals surface area contributed by atoms with Crippen LogP contribution in [0.1, 0.15) is 5.56 Å². The Morgan fingerprint density at radius 3 is 2.26 bits per heavy atom. The van der Waals surface area contributed by atoms with Crippen molar-refractivity contribution in [2.24, 2.45) is 0 Å². The van der Waals surface area contributed by atoms with Crippen LogP contribution in [0, 0.1) is 17.1 Å². The molecule has 0 radical (unpaired) electrons. The van der Waals surface area contributed by atoms with Crippen molar-refractivity contribution in [3.63, 3.8) is 0 Å². The van der Waals surface area contributed by atoms with Gasteiger partial charge in [0.05, 0.1) is 25.9 Å². The number of methoxy groups -OCH3 is 2. The largest absolute Gasteiger partial charge is 0.497 e. The van der Waals surface area contributed by atoms with Gasteiger partial charge in [-0.15, -0.1) is 0 Å². The molecule has 114 valence electrons. The predicted molar refractivity (Wildman–Crippen MR) is 87.2 cm³/mol. The zero-order valence-corrected chi connectivity index (χ0v) is 12.8. The van der Waals surface area contributed by atoms with Gasteiger partial charge in [0.2, 0.25) is 0 Å². The molecule has 0 atom stereocenters. The lowest BCUT2D eigenvalue weighted by atomic mass is 9.96. The molecule has 4 heteroatoms. The normalized spacial score (nSPS) is 10.3. The summed E-state index contributed by atoms with van der Waals surface area (Å²) in [6.07, 6.45) is 0. The zero-order valence-electron chi connectivity index (χ0n) is 12.8. The van der Waals surface area contributed by atoms with Crippen molar-refractivity contribution in [3.05, 3.63) is 59.9 Å². The second-order valence-electron chi connectivity index (χ2n) is 5.07. The number of hydrogen-bond acceptors (Lipinski definition) is 3. The van der Waals surface area contributed by atoms with Gasteiger partial charge in [-0.3, -0.25) is 0 Å². The maximum atomic E-state index is 14.3. The van der Waals surface area contributed by atoms with Crippen LogP contribution < -0.4 is 9.47 Å². The van der Waals surface area contributed by atoms with Crippen molar-refractivity contribution in [1.82, 2.24) is 0 Å². The summed E-state index contributed by atoms with van der Waals surface area (Å²) in [4.78, 5) is 0. The van der Waals surface area contributed by atoms with Crippen LogP contribution in [0.15, 0.2) is 48.5 Å². The molecule has 3 aromatic rings. The number of benzene rings is 3. The molecule has 0 spiro atoms. The number of hydrogen-bond donors (Lipinski definition) is 0. The summed E-state index contributed by atoms with van der Waals surface area (Å²) in [5, 5.41) is 11.1. The molecule has 0 aliphatic carbocycles. The van der Waals surface area contributed by atoms with Gasteiger partial charge < -0.3 is 9.47 Å². The van der Waals surface area contributed by atoms with Gasteiger partial charge in [-0.05, 0) is 47.3 Å². The molecule has 0 amide bonds. The standard InChI is InChI=1S/C19H14FNO2/c1-22-15-4-3-12-7-13(8-14(11-21)18(12)9-15)17-6-5-16(23-2)10-19(17)20/h3-10H,1-2H3. The van der Waals surface area contributed by atoms with Crippen LogP contribution in [0.2, 0.25) is 0 Å². The van der Waals surface area contributed by atoms with Crippen molar-refractivity contribution >= 4 is 10.8 Å². The Hall–Kier alpha value is -3.06. The molecular formula is C19H14FNO2. The first-order valence-electron chi connectivity index (χ1n) is 7.02. The summed E-state index contributed by atoms with van der Waals surface area (Å²) < 4.78 is 24.5. The topological polar surface area (TPSA) is 42.2 Å². The Morgan fingerprint density at radius 2 is 1.61 bits per heavy atom. The predicted octanol–water partition coefficient (Wildman–Crippen LogP) is 4.53. The lowest BCUT2D eigenvalue weighted by molar-refractivity contribution is 0.411. The fourth-order valence-electron chi connectivity index (χ4n) is 2.57. The third-order valence-electron chi connectivity index (χ3n) is 3.77. The van der Waals surface area contributed by atoms with Gasteiger partial charge in [-0.25, -0.2) is 4.39 Å². The fourth-order valence-corrected chi connectivity index (χ4v) is 2.57. The van der Waals surface area contributed by atoms with Crippen molar-refractivity contribution in [3.8, 4) is 28.7 Å². The number of ether oxygens (including phenoxy) is 2. The van der Waals surface area contributed by atoms with Crippen molar-refractivity contribution in [2.45, 2.75) is 0 Å². The van der Waals surface area contributed by atoms with Crippen LogP contribution in [0.4, 0.5) is 4.39 Å². The Balaban J connectivity index is 2.22. The zero-order chi connectivity index (χ0) is 16.4. The first kappa shape index (κ1) is 14.9. The first-order chi connectivity index (χ1) is 11.2. The lowest BCUT2D eigenvalue weighted by Crippen LogP contribution is -1.90. The van der Waals surface area contributed by atoms with Crippen molar-refractivity contribution < 1.29 is 13.9 Å². The Kier molecular flexibility index (Phi) is 3.86. The van der Waals surface area contributed by atoms with Gasteiger partial charge in [0, 0.05) is 17.0 Å². The molecule has 23 heavy (non-hydrogen) atoms. The molecule has 3 nitrogen and oxygen atoms in total. The molecule has 3 rings (SSSR count). The van der Waals surface area contributed by atoms with Gasteiger partial charge in [0.25, 0.3) is 0 Å². The van der Waals surface area contributed by atoms with Crippen LogP contribution in [0.5, 0.6) is 11.5 Å². The minimum atomic E-state index is -0.388. The average molecular weight is 307 g/mol. The van der Waals surface area contributed by atoms with Crippen LogP contribution in [0.3, 0.4) is 0 Å². The number of rotatable bonds is 3. The summed E-state index contributed by atoms with van der Waals surface area (Å²) in [5.41, 5.74) is 1.56. The van der Waals surface area contributed by atoms with Gasteiger partial charge >= 0.3 is 0 Å². The van der Waals surface area contributed by atoms with Gasteiger partial charge in [-0.1, -0.05) is 6.07 Å². The fraction of sp³-hybridized carbons (Fsp3) is 0.105. The molecule has 0 unspecified atom stereocenters. The third-order valence-corrected chi connectivity index (χ3v) is 3.77. The molecule has 0 aliphatic heterocycles. The highest BCUT2D eigenvalue weighted by Gasteiger charge is 2.11. The van der Waals surface area contributed by atoms with E-state index in [0.29, 0.717) is 28.2 Å². The molecule has 0 fully saturated rings. The van der Waals surface area contributed by atoms with E-state index in [0.717, 1.165) is 10.8 Å². The highest BCUT2D eigenvalue weighted by atomic mass is 19.1. The molecule has 0 bridgehead atoms. The van der Waals surface area contributed by atoms with E-state index in [1.54, 1.807) is 25.3 Å². The number of fused-ring (bicyclic) bond motifs is 1. The van der Waals surface area contributed by atoms with Crippen LogP contribution in [-0.4, -0.2) is 14.2 Å². The minimum absolute atomic E-state index is 0.388. The molecule has 0 aliphatic rings. The maximum absolute atomic E-state index is 14.3. The molecule has 0 heterocycles. The lowest BCUT2D eigenvalue weighted by Gasteiger charge is -2.10. The Bertz CT molecular complexity index is 929. The van der Waals surface area contributed by atoms with E-state index in [1.165, 1.54) is 13.2 Å². The summed E-state index contributed by atoms with van der Waals surface area (Å²) in [7, 11) is 3.07. The first-order valence-corrected chi connectivity index (χ1v) is 7.02. The van der Waals surface area contributed by atoms with E-state index in [4.69, 9.17) is 9.47 Å². The van der Waals surface area contributed by atoms with E-state index in [-0.39, 0.29) is 5.82 Å².